The minimum absolute atomic E-state index is 0.357. The Morgan fingerprint density at radius 1 is 1.25 bits per heavy atom. The van der Waals surface area contributed by atoms with Crippen LogP contribution in [-0.4, -0.2) is 31.3 Å². The van der Waals surface area contributed by atoms with Crippen molar-refractivity contribution in [1.29, 1.82) is 0 Å². The van der Waals surface area contributed by atoms with E-state index in [1.54, 1.807) is 24.3 Å². The number of ketones is 2. The summed E-state index contributed by atoms with van der Waals surface area (Å²) >= 11 is 0. The van der Waals surface area contributed by atoms with Crippen LogP contribution in [0.3, 0.4) is 0 Å². The first-order chi connectivity index (χ1) is 9.60. The van der Waals surface area contributed by atoms with E-state index in [2.05, 4.69) is 4.74 Å². The number of hydrogen-bond acceptors (Lipinski definition) is 5. The van der Waals surface area contributed by atoms with Gasteiger partial charge in [-0.3, -0.25) is 9.59 Å². The van der Waals surface area contributed by atoms with Gasteiger partial charge in [0.05, 0.1) is 20.1 Å². The van der Waals surface area contributed by atoms with E-state index < -0.39 is 24.0 Å². The molecule has 1 aliphatic rings. The van der Waals surface area contributed by atoms with E-state index >= 15 is 0 Å². The van der Waals surface area contributed by atoms with Crippen LogP contribution in [0.2, 0.25) is 0 Å². The van der Waals surface area contributed by atoms with Crippen molar-refractivity contribution in [3.8, 4) is 5.75 Å². The summed E-state index contributed by atoms with van der Waals surface area (Å²) in [5.74, 6) is -1.04. The average Bonchev–Trinajstić information content (AvgIpc) is 3.28. The molecule has 1 saturated carbocycles. The van der Waals surface area contributed by atoms with Gasteiger partial charge in [0.25, 0.3) is 0 Å². The summed E-state index contributed by atoms with van der Waals surface area (Å²) in [6.45, 7) is 0.652. The van der Waals surface area contributed by atoms with E-state index in [0.717, 1.165) is 7.11 Å². The van der Waals surface area contributed by atoms with Gasteiger partial charge in [-0.1, -0.05) is 12.1 Å². The van der Waals surface area contributed by atoms with Gasteiger partial charge < -0.3 is 9.47 Å². The number of methoxy groups -OCH3 is 1. The molecular weight excluding hydrogens is 260 g/mol. The van der Waals surface area contributed by atoms with Crippen molar-refractivity contribution in [3.63, 3.8) is 0 Å². The highest BCUT2D eigenvalue weighted by molar-refractivity contribution is 6.38. The fraction of sp³-hybridized carbons (Fsp3) is 0.400. The lowest BCUT2D eigenvalue weighted by atomic mass is 10.1. The van der Waals surface area contributed by atoms with Crippen LogP contribution in [0.15, 0.2) is 24.3 Å². The minimum atomic E-state index is -1.00. The molecule has 0 amide bonds. The molecule has 0 saturated heterocycles. The maximum atomic E-state index is 11.9. The predicted octanol–water partition coefficient (Wildman–Crippen LogP) is 1.79. The highest BCUT2D eigenvalue weighted by Crippen LogP contribution is 2.29. The number of carbonyl (C=O) groups is 3. The van der Waals surface area contributed by atoms with Crippen molar-refractivity contribution in [2.45, 2.75) is 19.3 Å². The molecule has 0 unspecified atom stereocenters. The number of benzene rings is 1. The van der Waals surface area contributed by atoms with Gasteiger partial charge in [0.15, 0.2) is 5.78 Å². The zero-order chi connectivity index (χ0) is 14.5. The van der Waals surface area contributed by atoms with Crippen LogP contribution >= 0.6 is 0 Å². The maximum Gasteiger partial charge on any atom is 0.374 e. The van der Waals surface area contributed by atoms with Crippen LogP contribution in [-0.2, 0) is 14.3 Å². The van der Waals surface area contributed by atoms with E-state index in [-0.39, 0.29) is 0 Å². The Kier molecular flexibility index (Phi) is 4.50. The molecule has 0 aromatic heterocycles. The van der Waals surface area contributed by atoms with E-state index in [1.807, 2.05) is 0 Å². The van der Waals surface area contributed by atoms with Crippen LogP contribution in [0, 0.1) is 5.92 Å². The topological polar surface area (TPSA) is 69.7 Å². The highest BCUT2D eigenvalue weighted by atomic mass is 16.5. The predicted molar refractivity (Wildman–Crippen MR) is 70.6 cm³/mol. The van der Waals surface area contributed by atoms with Gasteiger partial charge in [0, 0.05) is 5.56 Å². The first-order valence-electron chi connectivity index (χ1n) is 6.47. The second-order valence-electron chi connectivity index (χ2n) is 4.80. The molecule has 0 heterocycles. The lowest BCUT2D eigenvalue weighted by Gasteiger charge is -2.06. The average molecular weight is 276 g/mol. The smallest absolute Gasteiger partial charge is 0.374 e. The number of rotatable bonds is 7. The summed E-state index contributed by atoms with van der Waals surface area (Å²) in [7, 11) is 1.11. The molecule has 5 nitrogen and oxygen atoms in total. The molecule has 1 aromatic rings. The minimum Gasteiger partial charge on any atom is -0.493 e. The van der Waals surface area contributed by atoms with Crippen molar-refractivity contribution < 1.29 is 23.9 Å². The van der Waals surface area contributed by atoms with Crippen molar-refractivity contribution >= 4 is 17.5 Å². The standard InChI is InChI=1S/C15H16O5/c1-19-15(18)14(17)8-13(16)11-3-2-4-12(7-11)20-9-10-5-6-10/h2-4,7,10H,5-6,8-9H2,1H3. The van der Waals surface area contributed by atoms with Crippen molar-refractivity contribution in [3.05, 3.63) is 29.8 Å². The number of hydrogen-bond donors (Lipinski definition) is 0. The van der Waals surface area contributed by atoms with Crippen LogP contribution in [0.5, 0.6) is 5.75 Å². The van der Waals surface area contributed by atoms with Gasteiger partial charge in [-0.15, -0.1) is 0 Å². The molecule has 1 fully saturated rings. The Bertz CT molecular complexity index is 531. The third kappa shape index (κ3) is 3.91. The fourth-order valence-corrected chi connectivity index (χ4v) is 1.69. The van der Waals surface area contributed by atoms with Gasteiger partial charge in [-0.05, 0) is 30.9 Å². The normalized spacial score (nSPS) is 13.7. The molecule has 1 aromatic carbocycles. The molecule has 0 spiro atoms. The molecule has 20 heavy (non-hydrogen) atoms. The number of ether oxygens (including phenoxy) is 2. The van der Waals surface area contributed by atoms with Crippen LogP contribution in [0.1, 0.15) is 29.6 Å². The first-order valence-corrected chi connectivity index (χ1v) is 6.47. The SMILES string of the molecule is COC(=O)C(=O)CC(=O)c1cccc(OCC2CC2)c1. The fourth-order valence-electron chi connectivity index (χ4n) is 1.69. The van der Waals surface area contributed by atoms with Gasteiger partial charge >= 0.3 is 5.97 Å². The molecule has 0 radical (unpaired) electrons. The highest BCUT2D eigenvalue weighted by Gasteiger charge is 2.22. The van der Waals surface area contributed by atoms with Crippen LogP contribution < -0.4 is 4.74 Å². The molecular formula is C15H16O5. The van der Waals surface area contributed by atoms with Crippen molar-refractivity contribution in [2.24, 2.45) is 5.92 Å². The Labute approximate surface area is 116 Å². The molecule has 1 aliphatic carbocycles. The largest absolute Gasteiger partial charge is 0.493 e. The third-order valence-corrected chi connectivity index (χ3v) is 3.07. The van der Waals surface area contributed by atoms with E-state index in [0.29, 0.717) is 23.8 Å². The van der Waals surface area contributed by atoms with Gasteiger partial charge in [0.2, 0.25) is 5.78 Å². The van der Waals surface area contributed by atoms with Gasteiger partial charge in [-0.2, -0.15) is 0 Å². The molecule has 0 atom stereocenters. The molecule has 0 bridgehead atoms. The second kappa shape index (κ2) is 6.32. The first kappa shape index (κ1) is 14.2. The summed E-state index contributed by atoms with van der Waals surface area (Å²) in [5.41, 5.74) is 0.357. The van der Waals surface area contributed by atoms with Gasteiger partial charge in [-0.25, -0.2) is 4.79 Å². The summed E-state index contributed by atoms with van der Waals surface area (Å²) in [4.78, 5) is 34.2. The van der Waals surface area contributed by atoms with Crippen LogP contribution in [0.25, 0.3) is 0 Å². The summed E-state index contributed by atoms with van der Waals surface area (Å²) in [5, 5.41) is 0. The van der Waals surface area contributed by atoms with Crippen molar-refractivity contribution in [1.82, 2.24) is 0 Å². The Morgan fingerprint density at radius 3 is 2.65 bits per heavy atom. The second-order valence-corrected chi connectivity index (χ2v) is 4.80. The summed E-state index contributed by atoms with van der Waals surface area (Å²) in [6.07, 6.45) is 1.89. The lowest BCUT2D eigenvalue weighted by molar-refractivity contribution is -0.151. The van der Waals surface area contributed by atoms with E-state index in [1.165, 1.54) is 12.8 Å². The zero-order valence-corrected chi connectivity index (χ0v) is 11.3. The molecule has 106 valence electrons. The number of esters is 1. The van der Waals surface area contributed by atoms with E-state index in [9.17, 15) is 14.4 Å². The van der Waals surface area contributed by atoms with Gasteiger partial charge in [0.1, 0.15) is 5.75 Å². The van der Waals surface area contributed by atoms with Crippen molar-refractivity contribution in [2.75, 3.05) is 13.7 Å². The van der Waals surface area contributed by atoms with E-state index in [4.69, 9.17) is 4.74 Å². The summed E-state index contributed by atoms with van der Waals surface area (Å²) in [6, 6.07) is 6.64. The summed E-state index contributed by atoms with van der Waals surface area (Å²) < 4.78 is 9.84. The quantitative estimate of drug-likeness (QED) is 0.328. The van der Waals surface area contributed by atoms with Crippen LogP contribution in [0.4, 0.5) is 0 Å². The lowest BCUT2D eigenvalue weighted by Crippen LogP contribution is -2.19. The number of Topliss-reactive ketones (excluding diaryl/α,β-unsaturated/α-hetero) is 2. The Morgan fingerprint density at radius 2 is 2.00 bits per heavy atom. The molecule has 0 aliphatic heterocycles. The Hall–Kier alpha value is -2.17. The maximum absolute atomic E-state index is 11.9. The third-order valence-electron chi connectivity index (χ3n) is 3.07. The number of carbonyl (C=O) groups excluding carboxylic acids is 3. The molecule has 0 N–H and O–H groups in total. The Balaban J connectivity index is 1.96. The monoisotopic (exact) mass is 276 g/mol. The molecule has 2 rings (SSSR count). The zero-order valence-electron chi connectivity index (χ0n) is 11.3. The molecule has 5 heteroatoms.